The molecule has 0 amide bonds. The van der Waals surface area contributed by atoms with E-state index in [1.54, 1.807) is 6.20 Å². The third-order valence-corrected chi connectivity index (χ3v) is 3.19. The molecule has 2 aromatic heterocycles. The first-order valence-electron chi connectivity index (χ1n) is 6.64. The van der Waals surface area contributed by atoms with Crippen LogP contribution in [0.15, 0.2) is 36.7 Å². The summed E-state index contributed by atoms with van der Waals surface area (Å²) in [5.41, 5.74) is 1.65. The smallest absolute Gasteiger partial charge is 0.144 e. The Hall–Kier alpha value is -1.97. The number of hydrogen-bond acceptors (Lipinski definition) is 3. The first kappa shape index (κ1) is 13.5. The van der Waals surface area contributed by atoms with E-state index < -0.39 is 0 Å². The fraction of sp³-hybridized carbons (Fsp3) is 0.400. The van der Waals surface area contributed by atoms with E-state index in [1.165, 1.54) is 0 Å². The highest BCUT2D eigenvalue weighted by atomic mass is 16.1. The lowest BCUT2D eigenvalue weighted by Crippen LogP contribution is -2.10. The number of hydrogen-bond donors (Lipinski definition) is 0. The molecule has 0 aliphatic heterocycles. The number of rotatable bonds is 6. The SMILES string of the molecule is CCC(C)n1ccc(CC(=O)Cc2ccccn2)n1. The molecule has 2 aromatic rings. The first-order chi connectivity index (χ1) is 9.19. The highest BCUT2D eigenvalue weighted by molar-refractivity contribution is 5.82. The van der Waals surface area contributed by atoms with Crippen LogP contribution < -0.4 is 0 Å². The zero-order valence-electron chi connectivity index (χ0n) is 11.4. The van der Waals surface area contributed by atoms with Crippen molar-refractivity contribution >= 4 is 5.78 Å². The van der Waals surface area contributed by atoms with Crippen LogP contribution in [0.1, 0.15) is 37.7 Å². The molecule has 0 saturated carbocycles. The number of carbonyl (C=O) groups is 1. The molecule has 0 radical (unpaired) electrons. The second-order valence-electron chi connectivity index (χ2n) is 4.76. The zero-order chi connectivity index (χ0) is 13.7. The van der Waals surface area contributed by atoms with Crippen LogP contribution in [0.5, 0.6) is 0 Å². The number of nitrogens with zero attached hydrogens (tertiary/aromatic N) is 3. The van der Waals surface area contributed by atoms with E-state index in [0.29, 0.717) is 18.9 Å². The fourth-order valence-corrected chi connectivity index (χ4v) is 1.87. The van der Waals surface area contributed by atoms with Crippen LogP contribution in [-0.4, -0.2) is 20.5 Å². The standard InChI is InChI=1S/C15H19N3O/c1-3-12(2)18-9-7-14(17-18)11-15(19)10-13-6-4-5-8-16-13/h4-9,12H,3,10-11H2,1-2H3. The van der Waals surface area contributed by atoms with Crippen molar-refractivity contribution < 1.29 is 4.79 Å². The van der Waals surface area contributed by atoms with Crippen molar-refractivity contribution in [1.29, 1.82) is 0 Å². The summed E-state index contributed by atoms with van der Waals surface area (Å²) >= 11 is 0. The predicted octanol–water partition coefficient (Wildman–Crippen LogP) is 2.60. The molecule has 4 nitrogen and oxygen atoms in total. The molecular weight excluding hydrogens is 238 g/mol. The molecule has 19 heavy (non-hydrogen) atoms. The van der Waals surface area contributed by atoms with E-state index in [-0.39, 0.29) is 5.78 Å². The molecule has 2 rings (SSSR count). The molecule has 4 heteroatoms. The maximum Gasteiger partial charge on any atom is 0.144 e. The summed E-state index contributed by atoms with van der Waals surface area (Å²) in [6, 6.07) is 7.91. The molecule has 100 valence electrons. The van der Waals surface area contributed by atoms with E-state index in [9.17, 15) is 4.79 Å². The maximum atomic E-state index is 11.9. The van der Waals surface area contributed by atoms with Crippen LogP contribution >= 0.6 is 0 Å². The average molecular weight is 257 g/mol. The Morgan fingerprint density at radius 2 is 2.05 bits per heavy atom. The highest BCUT2D eigenvalue weighted by Crippen LogP contribution is 2.10. The minimum atomic E-state index is 0.146. The minimum absolute atomic E-state index is 0.146. The van der Waals surface area contributed by atoms with Crippen LogP contribution in [0.4, 0.5) is 0 Å². The van der Waals surface area contributed by atoms with Gasteiger partial charge >= 0.3 is 0 Å². The van der Waals surface area contributed by atoms with Crippen LogP contribution in [0.3, 0.4) is 0 Å². The van der Waals surface area contributed by atoms with Gasteiger partial charge in [-0.2, -0.15) is 5.10 Å². The minimum Gasteiger partial charge on any atom is -0.299 e. The van der Waals surface area contributed by atoms with Crippen molar-refractivity contribution in [2.75, 3.05) is 0 Å². The second-order valence-corrected chi connectivity index (χ2v) is 4.76. The largest absolute Gasteiger partial charge is 0.299 e. The third-order valence-electron chi connectivity index (χ3n) is 3.19. The summed E-state index contributed by atoms with van der Waals surface area (Å²) in [4.78, 5) is 16.1. The van der Waals surface area contributed by atoms with Crippen molar-refractivity contribution in [1.82, 2.24) is 14.8 Å². The van der Waals surface area contributed by atoms with Crippen LogP contribution in [0, 0.1) is 0 Å². The average Bonchev–Trinajstić information content (AvgIpc) is 2.87. The van der Waals surface area contributed by atoms with Gasteiger partial charge < -0.3 is 0 Å². The summed E-state index contributed by atoms with van der Waals surface area (Å²) < 4.78 is 1.92. The molecule has 1 unspecified atom stereocenters. The second kappa shape index (κ2) is 6.27. The Bertz CT molecular complexity index is 533. The Balaban J connectivity index is 1.94. The van der Waals surface area contributed by atoms with Gasteiger partial charge in [0.05, 0.1) is 12.1 Å². The molecule has 0 spiro atoms. The monoisotopic (exact) mass is 257 g/mol. The molecule has 0 N–H and O–H groups in total. The Morgan fingerprint density at radius 3 is 2.74 bits per heavy atom. The molecule has 0 aliphatic carbocycles. The Labute approximate surface area is 113 Å². The lowest BCUT2D eigenvalue weighted by atomic mass is 10.1. The van der Waals surface area contributed by atoms with Gasteiger partial charge in [0.25, 0.3) is 0 Å². The van der Waals surface area contributed by atoms with Gasteiger partial charge in [-0.25, -0.2) is 0 Å². The first-order valence-corrected chi connectivity index (χ1v) is 6.64. The van der Waals surface area contributed by atoms with Crippen molar-refractivity contribution in [2.24, 2.45) is 0 Å². The fourth-order valence-electron chi connectivity index (χ4n) is 1.87. The Kier molecular flexibility index (Phi) is 4.44. The topological polar surface area (TPSA) is 47.8 Å². The van der Waals surface area contributed by atoms with Gasteiger partial charge in [0.2, 0.25) is 0 Å². The maximum absolute atomic E-state index is 11.9. The van der Waals surface area contributed by atoms with Crippen molar-refractivity contribution in [3.63, 3.8) is 0 Å². The van der Waals surface area contributed by atoms with Gasteiger partial charge in [-0.3, -0.25) is 14.5 Å². The molecular formula is C15H19N3O. The molecule has 0 bridgehead atoms. The summed E-state index contributed by atoms with van der Waals surface area (Å²) in [6.07, 6.45) is 5.43. The molecule has 0 aliphatic rings. The molecule has 2 heterocycles. The predicted molar refractivity (Wildman–Crippen MR) is 73.9 cm³/mol. The van der Waals surface area contributed by atoms with Crippen molar-refractivity contribution in [2.45, 2.75) is 39.2 Å². The lowest BCUT2D eigenvalue weighted by Gasteiger charge is -2.07. The molecule has 1 atom stereocenters. The van der Waals surface area contributed by atoms with Crippen LogP contribution in [-0.2, 0) is 17.6 Å². The number of carbonyl (C=O) groups excluding carboxylic acids is 1. The van der Waals surface area contributed by atoms with Crippen molar-refractivity contribution in [3.8, 4) is 0 Å². The zero-order valence-corrected chi connectivity index (χ0v) is 11.4. The van der Waals surface area contributed by atoms with Gasteiger partial charge in [0.1, 0.15) is 5.78 Å². The quantitative estimate of drug-likeness (QED) is 0.799. The third kappa shape index (κ3) is 3.74. The molecule has 0 fully saturated rings. The van der Waals surface area contributed by atoms with Gasteiger partial charge in [-0.15, -0.1) is 0 Å². The van der Waals surface area contributed by atoms with Gasteiger partial charge in [-0.05, 0) is 31.5 Å². The normalized spacial score (nSPS) is 12.3. The van der Waals surface area contributed by atoms with Gasteiger partial charge in [0.15, 0.2) is 0 Å². The summed E-state index contributed by atoms with van der Waals surface area (Å²) in [5.74, 6) is 0.146. The van der Waals surface area contributed by atoms with Gasteiger partial charge in [0, 0.05) is 30.6 Å². The summed E-state index contributed by atoms with van der Waals surface area (Å²) in [7, 11) is 0. The van der Waals surface area contributed by atoms with Crippen LogP contribution in [0.25, 0.3) is 0 Å². The Morgan fingerprint density at radius 1 is 1.26 bits per heavy atom. The van der Waals surface area contributed by atoms with E-state index >= 15 is 0 Å². The van der Waals surface area contributed by atoms with E-state index in [0.717, 1.165) is 17.8 Å². The van der Waals surface area contributed by atoms with E-state index in [2.05, 4.69) is 23.9 Å². The number of ketones is 1. The van der Waals surface area contributed by atoms with Gasteiger partial charge in [-0.1, -0.05) is 13.0 Å². The summed E-state index contributed by atoms with van der Waals surface area (Å²) in [6.45, 7) is 4.24. The van der Waals surface area contributed by atoms with E-state index in [1.807, 2.05) is 35.1 Å². The summed E-state index contributed by atoms with van der Waals surface area (Å²) in [5, 5.41) is 4.44. The molecule has 0 saturated heterocycles. The number of aromatic nitrogens is 3. The van der Waals surface area contributed by atoms with Crippen LogP contribution in [0.2, 0.25) is 0 Å². The molecule has 0 aromatic carbocycles. The highest BCUT2D eigenvalue weighted by Gasteiger charge is 2.10. The number of pyridine rings is 1. The number of Topliss-reactive ketones (excluding diaryl/α,β-unsaturated/α-hetero) is 1. The van der Waals surface area contributed by atoms with Crippen molar-refractivity contribution in [3.05, 3.63) is 48.0 Å². The van der Waals surface area contributed by atoms with E-state index in [4.69, 9.17) is 0 Å². The lowest BCUT2D eigenvalue weighted by molar-refractivity contribution is -0.117.